The van der Waals surface area contributed by atoms with Crippen LogP contribution in [0.4, 0.5) is 10.5 Å². The molecule has 0 fully saturated rings. The molecular weight excluding hydrogens is 188 g/mol. The van der Waals surface area contributed by atoms with Crippen LogP contribution in [0.2, 0.25) is 0 Å². The first-order valence-electron chi connectivity index (χ1n) is 3.50. The van der Waals surface area contributed by atoms with Crippen LogP contribution in [0.3, 0.4) is 0 Å². The number of hydrogen-bond acceptors (Lipinski definition) is 3. The lowest BCUT2D eigenvalue weighted by molar-refractivity contribution is 0.0697. The molecule has 0 aliphatic carbocycles. The third kappa shape index (κ3) is 5.42. The highest BCUT2D eigenvalue weighted by atomic mass is 16.4. The van der Waals surface area contributed by atoms with Crippen molar-refractivity contribution < 1.29 is 19.8 Å². The molecule has 0 aromatic heterocycles. The van der Waals surface area contributed by atoms with E-state index in [0.717, 1.165) is 0 Å². The van der Waals surface area contributed by atoms with Gasteiger partial charge in [0.05, 0.1) is 5.56 Å². The van der Waals surface area contributed by atoms with E-state index in [0.29, 0.717) is 5.69 Å². The minimum absolute atomic E-state index is 0.259. The van der Waals surface area contributed by atoms with Crippen molar-refractivity contribution >= 4 is 17.7 Å². The highest BCUT2D eigenvalue weighted by molar-refractivity contribution is 5.87. The molecule has 0 saturated carbocycles. The zero-order chi connectivity index (χ0) is 11.1. The van der Waals surface area contributed by atoms with Gasteiger partial charge in [0.2, 0.25) is 0 Å². The number of carboxylic acids is 1. The lowest BCUT2D eigenvalue weighted by Gasteiger charge is -1.93. The topological polar surface area (TPSA) is 127 Å². The van der Waals surface area contributed by atoms with Gasteiger partial charge in [-0.2, -0.15) is 0 Å². The van der Waals surface area contributed by atoms with Crippen LogP contribution in [-0.2, 0) is 0 Å². The Kier molecular flexibility index (Phi) is 4.55. The summed E-state index contributed by atoms with van der Waals surface area (Å²) in [4.78, 5) is 19.0. The van der Waals surface area contributed by atoms with Crippen LogP contribution in [0.15, 0.2) is 24.3 Å². The Morgan fingerprint density at radius 2 is 1.43 bits per heavy atom. The van der Waals surface area contributed by atoms with Gasteiger partial charge in [0.25, 0.3) is 0 Å². The van der Waals surface area contributed by atoms with Crippen LogP contribution in [0.25, 0.3) is 0 Å². The second-order valence-electron chi connectivity index (χ2n) is 2.27. The Hall–Kier alpha value is -2.24. The molecule has 0 bridgehead atoms. The summed E-state index contributed by atoms with van der Waals surface area (Å²) in [6, 6.07) is 6.06. The number of carbonyl (C=O) groups is 2. The summed E-state index contributed by atoms with van der Waals surface area (Å²) < 4.78 is 0. The van der Waals surface area contributed by atoms with E-state index in [4.69, 9.17) is 20.7 Å². The first kappa shape index (κ1) is 11.8. The smallest absolute Gasteiger partial charge is 0.402 e. The van der Waals surface area contributed by atoms with Gasteiger partial charge < -0.3 is 21.7 Å². The molecule has 1 aromatic carbocycles. The van der Waals surface area contributed by atoms with Crippen molar-refractivity contribution in [3.63, 3.8) is 0 Å². The molecule has 1 aromatic rings. The second-order valence-corrected chi connectivity index (χ2v) is 2.27. The van der Waals surface area contributed by atoms with Crippen LogP contribution in [0.5, 0.6) is 0 Å². The second kappa shape index (κ2) is 5.41. The van der Waals surface area contributed by atoms with Crippen LogP contribution in [0, 0.1) is 0 Å². The summed E-state index contributed by atoms with van der Waals surface area (Å²) in [6.07, 6.45) is -1.33. The number of anilines is 1. The van der Waals surface area contributed by atoms with E-state index in [1.54, 1.807) is 12.1 Å². The fraction of sp³-hybridized carbons (Fsp3) is 0. The van der Waals surface area contributed by atoms with Gasteiger partial charge in [-0.25, -0.2) is 9.59 Å². The minimum atomic E-state index is -1.33. The molecule has 76 valence electrons. The fourth-order valence-electron chi connectivity index (χ4n) is 0.626. The summed E-state index contributed by atoms with van der Waals surface area (Å²) in [5.74, 6) is -0.931. The van der Waals surface area contributed by atoms with Gasteiger partial charge in [0.15, 0.2) is 0 Å². The maximum absolute atomic E-state index is 10.3. The summed E-state index contributed by atoms with van der Waals surface area (Å²) in [5, 5.41) is 15.6. The van der Waals surface area contributed by atoms with Crippen LogP contribution >= 0.6 is 0 Å². The first-order chi connectivity index (χ1) is 6.43. The third-order valence-corrected chi connectivity index (χ3v) is 1.16. The molecule has 0 aliphatic rings. The van der Waals surface area contributed by atoms with Gasteiger partial charge in [-0.15, -0.1) is 0 Å². The number of benzene rings is 1. The molecule has 6 nitrogen and oxygen atoms in total. The molecule has 0 saturated heterocycles. The standard InChI is InChI=1S/C7H7NO2.CH3NO2/c8-6-3-1-5(2-4-6)7(9)10;2-1(3)4/h1-4H,8H2,(H,9,10);2H2,(H,3,4). The fourth-order valence-corrected chi connectivity index (χ4v) is 0.626. The lowest BCUT2D eigenvalue weighted by Crippen LogP contribution is -2.03. The molecule has 0 unspecified atom stereocenters. The first-order valence-corrected chi connectivity index (χ1v) is 3.50. The Bertz CT molecular complexity index is 317. The van der Waals surface area contributed by atoms with E-state index >= 15 is 0 Å². The number of primary amides is 1. The number of carboxylic acid groups (broad SMARTS) is 2. The average molecular weight is 198 g/mol. The van der Waals surface area contributed by atoms with E-state index in [2.05, 4.69) is 5.73 Å². The molecule has 14 heavy (non-hydrogen) atoms. The number of rotatable bonds is 1. The normalized spacial score (nSPS) is 8.29. The lowest BCUT2D eigenvalue weighted by atomic mass is 10.2. The highest BCUT2D eigenvalue weighted by Gasteiger charge is 1.98. The molecule has 6 heteroatoms. The average Bonchev–Trinajstić information content (AvgIpc) is 2.03. The number of nitrogens with two attached hydrogens (primary N) is 2. The maximum Gasteiger partial charge on any atom is 0.402 e. The number of aromatic carboxylic acids is 1. The SMILES string of the molecule is NC(=O)O.Nc1ccc(C(=O)O)cc1. The predicted octanol–water partition coefficient (Wildman–Crippen LogP) is 0.590. The highest BCUT2D eigenvalue weighted by Crippen LogP contribution is 2.04. The van der Waals surface area contributed by atoms with Crippen molar-refractivity contribution in [3.8, 4) is 0 Å². The van der Waals surface area contributed by atoms with Crippen molar-refractivity contribution in [2.45, 2.75) is 0 Å². The molecule has 0 radical (unpaired) electrons. The molecule has 0 heterocycles. The van der Waals surface area contributed by atoms with Gasteiger partial charge in [0, 0.05) is 5.69 Å². The van der Waals surface area contributed by atoms with Crippen molar-refractivity contribution in [2.24, 2.45) is 5.73 Å². The summed E-state index contributed by atoms with van der Waals surface area (Å²) in [5.41, 5.74) is 10.2. The van der Waals surface area contributed by atoms with E-state index in [-0.39, 0.29) is 5.56 Å². The summed E-state index contributed by atoms with van der Waals surface area (Å²) in [6.45, 7) is 0. The third-order valence-electron chi connectivity index (χ3n) is 1.16. The van der Waals surface area contributed by atoms with Crippen molar-refractivity contribution in [1.82, 2.24) is 0 Å². The molecule has 0 atom stereocenters. The van der Waals surface area contributed by atoms with E-state index in [1.165, 1.54) is 12.1 Å². The van der Waals surface area contributed by atoms with E-state index in [9.17, 15) is 4.79 Å². The van der Waals surface area contributed by atoms with E-state index in [1.807, 2.05) is 0 Å². The van der Waals surface area contributed by atoms with E-state index < -0.39 is 12.1 Å². The van der Waals surface area contributed by atoms with Gasteiger partial charge in [-0.05, 0) is 24.3 Å². The van der Waals surface area contributed by atoms with Crippen LogP contribution in [0.1, 0.15) is 10.4 Å². The van der Waals surface area contributed by atoms with Crippen molar-refractivity contribution in [2.75, 3.05) is 5.73 Å². The molecule has 1 rings (SSSR count). The Balaban J connectivity index is 0.000000364. The maximum atomic E-state index is 10.3. The number of nitrogen functional groups attached to an aromatic ring is 1. The van der Waals surface area contributed by atoms with Crippen molar-refractivity contribution in [1.29, 1.82) is 0 Å². The minimum Gasteiger partial charge on any atom is -0.478 e. The molecule has 1 amide bonds. The molecule has 0 spiro atoms. The zero-order valence-electron chi connectivity index (χ0n) is 7.18. The zero-order valence-corrected chi connectivity index (χ0v) is 7.18. The van der Waals surface area contributed by atoms with Crippen LogP contribution < -0.4 is 11.5 Å². The van der Waals surface area contributed by atoms with Gasteiger partial charge in [-0.1, -0.05) is 0 Å². The Morgan fingerprint density at radius 3 is 1.71 bits per heavy atom. The van der Waals surface area contributed by atoms with Gasteiger partial charge >= 0.3 is 12.1 Å². The quantitative estimate of drug-likeness (QED) is 0.491. The molecular formula is C8H10N2O4. The monoisotopic (exact) mass is 198 g/mol. The van der Waals surface area contributed by atoms with Gasteiger partial charge in [-0.3, -0.25) is 0 Å². The number of hydrogen-bond donors (Lipinski definition) is 4. The molecule has 6 N–H and O–H groups in total. The Labute approximate surface area is 79.8 Å². The summed E-state index contributed by atoms with van der Waals surface area (Å²) >= 11 is 0. The van der Waals surface area contributed by atoms with Crippen molar-refractivity contribution in [3.05, 3.63) is 29.8 Å². The van der Waals surface area contributed by atoms with Crippen LogP contribution in [-0.4, -0.2) is 22.3 Å². The Morgan fingerprint density at radius 1 is 1.07 bits per heavy atom. The van der Waals surface area contributed by atoms with Gasteiger partial charge in [0.1, 0.15) is 0 Å². The predicted molar refractivity (Wildman–Crippen MR) is 50.0 cm³/mol. The molecule has 0 aliphatic heterocycles. The largest absolute Gasteiger partial charge is 0.478 e. The summed E-state index contributed by atoms with van der Waals surface area (Å²) in [7, 11) is 0. The number of amides is 1.